The molecule has 0 aliphatic heterocycles. The monoisotopic (exact) mass is 518 g/mol. The van der Waals surface area contributed by atoms with Gasteiger partial charge in [-0.05, 0) is 42.5 Å². The molecule has 164 valence electrons. The van der Waals surface area contributed by atoms with Crippen LogP contribution in [0, 0.1) is 0 Å². The number of alkyl halides is 3. The molecule has 3 rings (SSSR count). The van der Waals surface area contributed by atoms with Gasteiger partial charge in [-0.3, -0.25) is 9.52 Å². The number of hydrogen-bond acceptors (Lipinski definition) is 5. The number of nitrogens with zero attached hydrogens (tertiary/aromatic N) is 1. The molecule has 0 saturated carbocycles. The third-order valence-corrected chi connectivity index (χ3v) is 5.83. The number of hydrogen-bond donors (Lipinski definition) is 3. The van der Waals surface area contributed by atoms with Crippen molar-refractivity contribution in [1.82, 2.24) is 9.97 Å². The Morgan fingerprint density at radius 2 is 1.77 bits per heavy atom. The third-order valence-electron chi connectivity index (χ3n) is 3.90. The first-order valence-corrected chi connectivity index (χ1v) is 10.7. The second-order valence-electron chi connectivity index (χ2n) is 6.08. The average Bonchev–Trinajstić information content (AvgIpc) is 3.20. The number of imidazole rings is 1. The number of amides is 1. The second-order valence-corrected chi connectivity index (χ2v) is 8.64. The SMILES string of the molecule is COc1ccc(NC(=O)c2ncc(C(F)(F)F)[nH]2)cc1S(=O)(=O)Nc1ccc(Br)cc1. The number of nitrogens with one attached hydrogen (secondary N) is 3. The van der Waals surface area contributed by atoms with Gasteiger partial charge in [0.1, 0.15) is 16.3 Å². The topological polar surface area (TPSA) is 113 Å². The van der Waals surface area contributed by atoms with Crippen LogP contribution in [-0.2, 0) is 16.2 Å². The first-order chi connectivity index (χ1) is 14.5. The molecule has 13 heteroatoms. The highest BCUT2D eigenvalue weighted by Gasteiger charge is 2.33. The molecule has 0 aliphatic carbocycles. The molecule has 0 spiro atoms. The summed E-state index contributed by atoms with van der Waals surface area (Å²) in [4.78, 5) is 17.2. The average molecular weight is 519 g/mol. The molecule has 31 heavy (non-hydrogen) atoms. The number of sulfonamides is 1. The van der Waals surface area contributed by atoms with Crippen LogP contribution >= 0.6 is 15.9 Å². The second kappa shape index (κ2) is 8.59. The summed E-state index contributed by atoms with van der Waals surface area (Å²) in [5, 5.41) is 2.30. The lowest BCUT2D eigenvalue weighted by Gasteiger charge is -2.13. The number of methoxy groups -OCH3 is 1. The summed E-state index contributed by atoms with van der Waals surface area (Å²) in [6.45, 7) is 0. The fraction of sp³-hybridized carbons (Fsp3) is 0.111. The van der Waals surface area contributed by atoms with Gasteiger partial charge in [0, 0.05) is 15.8 Å². The van der Waals surface area contributed by atoms with Gasteiger partial charge >= 0.3 is 6.18 Å². The number of halogens is 4. The molecule has 0 bridgehead atoms. The summed E-state index contributed by atoms with van der Waals surface area (Å²) < 4.78 is 71.9. The van der Waals surface area contributed by atoms with Crippen molar-refractivity contribution in [3.05, 3.63) is 64.7 Å². The van der Waals surface area contributed by atoms with Crippen LogP contribution < -0.4 is 14.8 Å². The highest BCUT2D eigenvalue weighted by molar-refractivity contribution is 9.10. The minimum Gasteiger partial charge on any atom is -0.495 e. The molecule has 0 radical (unpaired) electrons. The number of aromatic amines is 1. The van der Waals surface area contributed by atoms with E-state index in [1.54, 1.807) is 12.1 Å². The highest BCUT2D eigenvalue weighted by atomic mass is 79.9. The molecule has 8 nitrogen and oxygen atoms in total. The summed E-state index contributed by atoms with van der Waals surface area (Å²) in [6.07, 6.45) is -4.20. The first kappa shape index (κ1) is 22.6. The fourth-order valence-electron chi connectivity index (χ4n) is 2.46. The third kappa shape index (κ3) is 5.35. The Kier molecular flexibility index (Phi) is 6.27. The van der Waals surface area contributed by atoms with Crippen molar-refractivity contribution in [1.29, 1.82) is 0 Å². The van der Waals surface area contributed by atoms with Crippen molar-refractivity contribution in [2.75, 3.05) is 17.1 Å². The van der Waals surface area contributed by atoms with E-state index in [-0.39, 0.29) is 22.0 Å². The van der Waals surface area contributed by atoms with Gasteiger partial charge in [-0.1, -0.05) is 15.9 Å². The Balaban J connectivity index is 1.87. The molecule has 1 amide bonds. The van der Waals surface area contributed by atoms with Crippen molar-refractivity contribution in [2.24, 2.45) is 0 Å². The van der Waals surface area contributed by atoms with Gasteiger partial charge in [0.05, 0.1) is 13.3 Å². The Morgan fingerprint density at radius 1 is 1.13 bits per heavy atom. The quantitative estimate of drug-likeness (QED) is 0.451. The van der Waals surface area contributed by atoms with Crippen molar-refractivity contribution in [3.63, 3.8) is 0 Å². The largest absolute Gasteiger partial charge is 0.495 e. The zero-order valence-electron chi connectivity index (χ0n) is 15.6. The van der Waals surface area contributed by atoms with Gasteiger partial charge in [-0.15, -0.1) is 0 Å². The fourth-order valence-corrected chi connectivity index (χ4v) is 3.98. The van der Waals surface area contributed by atoms with Crippen molar-refractivity contribution < 1.29 is 31.1 Å². The van der Waals surface area contributed by atoms with E-state index < -0.39 is 33.6 Å². The Bertz CT molecular complexity index is 1210. The predicted molar refractivity (Wildman–Crippen MR) is 109 cm³/mol. The molecule has 0 unspecified atom stereocenters. The molecule has 0 fully saturated rings. The number of benzene rings is 2. The van der Waals surface area contributed by atoms with Crippen LogP contribution in [0.1, 0.15) is 16.3 Å². The van der Waals surface area contributed by atoms with Gasteiger partial charge < -0.3 is 15.0 Å². The predicted octanol–water partition coefficient (Wildman–Crippen LogP) is 4.25. The smallest absolute Gasteiger partial charge is 0.432 e. The summed E-state index contributed by atoms with van der Waals surface area (Å²) in [6, 6.07) is 10.1. The van der Waals surface area contributed by atoms with Crippen LogP contribution in [-0.4, -0.2) is 31.4 Å². The molecule has 0 saturated heterocycles. The number of ether oxygens (including phenoxy) is 1. The molecular formula is C18H14BrF3N4O4S. The standard InChI is InChI=1S/C18H14BrF3N4O4S/c1-30-13-7-6-12(24-17(27)16-23-9-15(25-16)18(20,21)22)8-14(13)31(28,29)26-11-4-2-10(19)3-5-11/h2-9,26H,1H3,(H,23,25)(H,24,27). The lowest BCUT2D eigenvalue weighted by Crippen LogP contribution is -2.17. The normalized spacial score (nSPS) is 11.8. The minimum absolute atomic E-state index is 0.0000306. The number of rotatable bonds is 6. The van der Waals surface area contributed by atoms with Crippen LogP contribution in [0.5, 0.6) is 5.75 Å². The molecule has 0 aliphatic rings. The maximum Gasteiger partial charge on any atom is 0.432 e. The van der Waals surface area contributed by atoms with Gasteiger partial charge in [0.15, 0.2) is 5.82 Å². The van der Waals surface area contributed by atoms with Crippen LogP contribution in [0.3, 0.4) is 0 Å². The summed E-state index contributed by atoms with van der Waals surface area (Å²) in [5.74, 6) is -1.56. The van der Waals surface area contributed by atoms with E-state index in [0.717, 1.165) is 10.5 Å². The van der Waals surface area contributed by atoms with Gasteiger partial charge in [0.25, 0.3) is 15.9 Å². The molecule has 1 aromatic heterocycles. The van der Waals surface area contributed by atoms with E-state index >= 15 is 0 Å². The van der Waals surface area contributed by atoms with Crippen molar-refractivity contribution >= 4 is 43.2 Å². The lowest BCUT2D eigenvalue weighted by molar-refractivity contribution is -0.140. The molecule has 3 aromatic rings. The van der Waals surface area contributed by atoms with Crippen LogP contribution in [0.2, 0.25) is 0 Å². The van der Waals surface area contributed by atoms with Crippen molar-refractivity contribution in [2.45, 2.75) is 11.1 Å². The van der Waals surface area contributed by atoms with E-state index in [4.69, 9.17) is 4.74 Å². The van der Waals surface area contributed by atoms with Gasteiger partial charge in [-0.2, -0.15) is 13.2 Å². The Labute approximate surface area is 183 Å². The first-order valence-electron chi connectivity index (χ1n) is 8.39. The zero-order valence-corrected chi connectivity index (χ0v) is 18.0. The van der Waals surface area contributed by atoms with Gasteiger partial charge in [0.2, 0.25) is 0 Å². The maximum atomic E-state index is 12.8. The molecular weight excluding hydrogens is 505 g/mol. The zero-order chi connectivity index (χ0) is 22.8. The molecule has 0 atom stereocenters. The van der Waals surface area contributed by atoms with E-state index in [9.17, 15) is 26.4 Å². The number of carbonyl (C=O) groups excluding carboxylic acids is 1. The lowest BCUT2D eigenvalue weighted by atomic mass is 10.3. The van der Waals surface area contributed by atoms with Crippen LogP contribution in [0.4, 0.5) is 24.5 Å². The Hall–Kier alpha value is -3.06. The van der Waals surface area contributed by atoms with Crippen LogP contribution in [0.15, 0.2) is 58.0 Å². The summed E-state index contributed by atoms with van der Waals surface area (Å²) in [7, 11) is -2.85. The highest BCUT2D eigenvalue weighted by Crippen LogP contribution is 2.30. The maximum absolute atomic E-state index is 12.8. The molecule has 1 heterocycles. The number of H-pyrrole nitrogens is 1. The van der Waals surface area contributed by atoms with E-state index in [2.05, 4.69) is 31.0 Å². The summed E-state index contributed by atoms with van der Waals surface area (Å²) in [5.41, 5.74) is -0.892. The van der Waals surface area contributed by atoms with Crippen molar-refractivity contribution in [3.8, 4) is 5.75 Å². The van der Waals surface area contributed by atoms with E-state index in [1.807, 2.05) is 4.98 Å². The number of carbonyl (C=O) groups is 1. The number of anilines is 2. The molecule has 2 aromatic carbocycles. The minimum atomic E-state index is -4.69. The summed E-state index contributed by atoms with van der Waals surface area (Å²) >= 11 is 3.25. The number of aromatic nitrogens is 2. The van der Waals surface area contributed by atoms with E-state index in [0.29, 0.717) is 6.20 Å². The Morgan fingerprint density at radius 3 is 2.35 bits per heavy atom. The molecule has 3 N–H and O–H groups in total. The van der Waals surface area contributed by atoms with Crippen LogP contribution in [0.25, 0.3) is 0 Å². The van der Waals surface area contributed by atoms with E-state index in [1.165, 1.54) is 31.4 Å². The van der Waals surface area contributed by atoms with Gasteiger partial charge in [-0.25, -0.2) is 13.4 Å².